The highest BCUT2D eigenvalue weighted by Crippen LogP contribution is 2.24. The van der Waals surface area contributed by atoms with E-state index in [1.165, 1.54) is 25.1 Å². The van der Waals surface area contributed by atoms with Crippen LogP contribution in [0.4, 0.5) is 5.69 Å². The predicted octanol–water partition coefficient (Wildman–Crippen LogP) is 1.22. The second-order valence-corrected chi connectivity index (χ2v) is 7.84. The van der Waals surface area contributed by atoms with Gasteiger partial charge in [0.05, 0.1) is 19.4 Å². The molecule has 1 aliphatic rings. The third kappa shape index (κ3) is 3.23. The maximum atomic E-state index is 12.9. The zero-order chi connectivity index (χ0) is 18.9. The Labute approximate surface area is 151 Å². The number of hydrogen-bond donors (Lipinski definition) is 0. The lowest BCUT2D eigenvalue weighted by atomic mass is 10.2. The van der Waals surface area contributed by atoms with Gasteiger partial charge in [-0.1, -0.05) is 18.2 Å². The van der Waals surface area contributed by atoms with Crippen molar-refractivity contribution >= 4 is 27.7 Å². The van der Waals surface area contributed by atoms with Gasteiger partial charge in [-0.15, -0.1) is 0 Å². The Bertz CT molecular complexity index is 896. The molecule has 0 aliphatic carbocycles. The Morgan fingerprint density at radius 1 is 1.19 bits per heavy atom. The van der Waals surface area contributed by atoms with Gasteiger partial charge < -0.3 is 9.32 Å². The van der Waals surface area contributed by atoms with Crippen molar-refractivity contribution in [3.63, 3.8) is 0 Å². The molecule has 0 spiro atoms. The third-order valence-corrected chi connectivity index (χ3v) is 6.21. The van der Waals surface area contributed by atoms with Gasteiger partial charge in [0, 0.05) is 12.7 Å². The molecule has 1 aromatic carbocycles. The molecule has 2 heterocycles. The van der Waals surface area contributed by atoms with Crippen LogP contribution in [0, 0.1) is 0 Å². The lowest BCUT2D eigenvalue weighted by Crippen LogP contribution is -2.44. The number of rotatable bonds is 5. The first kappa shape index (κ1) is 18.2. The molecule has 0 saturated carbocycles. The summed E-state index contributed by atoms with van der Waals surface area (Å²) in [4.78, 5) is 26.3. The van der Waals surface area contributed by atoms with E-state index in [1.54, 1.807) is 36.4 Å². The number of anilines is 1. The molecule has 0 radical (unpaired) electrons. The van der Waals surface area contributed by atoms with Gasteiger partial charge in [0.25, 0.3) is 5.91 Å². The van der Waals surface area contributed by atoms with E-state index in [0.29, 0.717) is 15.8 Å². The zero-order valence-electron chi connectivity index (χ0n) is 14.4. The fourth-order valence-corrected chi connectivity index (χ4v) is 4.24. The molecule has 1 atom stereocenters. The van der Waals surface area contributed by atoms with E-state index in [4.69, 9.17) is 4.42 Å². The molecule has 1 aromatic heterocycles. The summed E-state index contributed by atoms with van der Waals surface area (Å²) >= 11 is 0. The highest BCUT2D eigenvalue weighted by molar-refractivity contribution is 7.87. The lowest BCUT2D eigenvalue weighted by molar-refractivity contribution is -0.127. The Hall–Kier alpha value is -2.65. The van der Waals surface area contributed by atoms with Crippen LogP contribution in [-0.4, -0.2) is 48.5 Å². The number of para-hydroxylation sites is 1. The number of amides is 2. The molecule has 138 valence electrons. The van der Waals surface area contributed by atoms with E-state index in [1.807, 2.05) is 6.07 Å². The van der Waals surface area contributed by atoms with E-state index in [9.17, 15) is 18.0 Å². The largest absolute Gasteiger partial charge is 0.467 e. The van der Waals surface area contributed by atoms with Crippen molar-refractivity contribution in [2.45, 2.75) is 19.5 Å². The van der Waals surface area contributed by atoms with Crippen LogP contribution in [0.5, 0.6) is 0 Å². The van der Waals surface area contributed by atoms with Crippen LogP contribution in [0.2, 0.25) is 0 Å². The smallest absolute Gasteiger partial charge is 0.307 e. The van der Waals surface area contributed by atoms with Crippen molar-refractivity contribution in [3.05, 3.63) is 54.5 Å². The summed E-state index contributed by atoms with van der Waals surface area (Å²) in [5.74, 6) is -0.450. The van der Waals surface area contributed by atoms with Gasteiger partial charge in [-0.25, -0.2) is 4.31 Å². The van der Waals surface area contributed by atoms with Crippen molar-refractivity contribution in [2.75, 3.05) is 18.5 Å². The van der Waals surface area contributed by atoms with Gasteiger partial charge >= 0.3 is 10.2 Å². The van der Waals surface area contributed by atoms with Crippen LogP contribution in [0.3, 0.4) is 0 Å². The lowest BCUT2D eigenvalue weighted by Gasteiger charge is -2.25. The molecule has 0 bridgehead atoms. The summed E-state index contributed by atoms with van der Waals surface area (Å²) in [6.07, 6.45) is 1.50. The highest BCUT2D eigenvalue weighted by Gasteiger charge is 2.47. The Kier molecular flexibility index (Phi) is 4.84. The van der Waals surface area contributed by atoms with Gasteiger partial charge in [-0.3, -0.25) is 9.59 Å². The second-order valence-electron chi connectivity index (χ2n) is 5.93. The van der Waals surface area contributed by atoms with E-state index >= 15 is 0 Å². The van der Waals surface area contributed by atoms with Crippen LogP contribution in [-0.2, 0) is 26.3 Å². The summed E-state index contributed by atoms with van der Waals surface area (Å²) in [5, 5.41) is 0. The summed E-state index contributed by atoms with van der Waals surface area (Å²) in [6, 6.07) is 11.4. The Balaban J connectivity index is 1.87. The van der Waals surface area contributed by atoms with Gasteiger partial charge in [0.1, 0.15) is 11.8 Å². The highest BCUT2D eigenvalue weighted by atomic mass is 32.2. The van der Waals surface area contributed by atoms with Crippen LogP contribution in [0.25, 0.3) is 0 Å². The minimum Gasteiger partial charge on any atom is -0.467 e. The molecular weight excluding hydrogens is 358 g/mol. The van der Waals surface area contributed by atoms with Gasteiger partial charge in [0.15, 0.2) is 0 Å². The molecule has 2 aromatic rings. The maximum absolute atomic E-state index is 12.9. The standard InChI is InChI=1S/C17H19N3O5S/c1-13-17(22)18(2)26(23,24)20(13)12-16(21)19(11-15-9-6-10-25-15)14-7-4-3-5-8-14/h3-10,13H,11-12H2,1-2H3/t13-/m0/s1. The molecule has 8 nitrogen and oxygen atoms in total. The average Bonchev–Trinajstić information content (AvgIpc) is 3.19. The van der Waals surface area contributed by atoms with E-state index < -0.39 is 34.6 Å². The fraction of sp³-hybridized carbons (Fsp3) is 0.294. The molecule has 1 aliphatic heterocycles. The minimum atomic E-state index is -3.99. The average molecular weight is 377 g/mol. The van der Waals surface area contributed by atoms with Crippen LogP contribution in [0.15, 0.2) is 53.1 Å². The number of carbonyl (C=O) groups excluding carboxylic acids is 2. The summed E-state index contributed by atoms with van der Waals surface area (Å²) in [5.41, 5.74) is 0.609. The first-order valence-corrected chi connectivity index (χ1v) is 9.39. The zero-order valence-corrected chi connectivity index (χ0v) is 15.2. The van der Waals surface area contributed by atoms with E-state index in [0.717, 1.165) is 4.31 Å². The molecule has 0 unspecified atom stereocenters. The Morgan fingerprint density at radius 3 is 2.42 bits per heavy atom. The first-order valence-electron chi connectivity index (χ1n) is 7.99. The van der Waals surface area contributed by atoms with Gasteiger partial charge in [0.2, 0.25) is 5.91 Å². The van der Waals surface area contributed by atoms with Crippen molar-refractivity contribution in [1.29, 1.82) is 0 Å². The molecule has 3 rings (SSSR count). The van der Waals surface area contributed by atoms with Gasteiger partial charge in [-0.2, -0.15) is 12.7 Å². The fourth-order valence-electron chi connectivity index (χ4n) is 2.78. The van der Waals surface area contributed by atoms with Crippen molar-refractivity contribution in [1.82, 2.24) is 8.61 Å². The molecular formula is C17H19N3O5S. The van der Waals surface area contributed by atoms with E-state index in [-0.39, 0.29) is 6.54 Å². The second kappa shape index (κ2) is 6.93. The summed E-state index contributed by atoms with van der Waals surface area (Å²) in [6.45, 7) is 1.19. The van der Waals surface area contributed by atoms with E-state index in [2.05, 4.69) is 0 Å². The molecule has 1 saturated heterocycles. The topological polar surface area (TPSA) is 91.1 Å². The normalized spacial score (nSPS) is 19.7. The SMILES string of the molecule is C[C@H]1C(=O)N(C)S(=O)(=O)N1CC(=O)N(Cc1ccco1)c1ccccc1. The molecule has 26 heavy (non-hydrogen) atoms. The van der Waals surface area contributed by atoms with Crippen LogP contribution >= 0.6 is 0 Å². The number of furan rings is 1. The number of carbonyl (C=O) groups is 2. The van der Waals surface area contributed by atoms with Crippen LogP contribution in [0.1, 0.15) is 12.7 Å². The van der Waals surface area contributed by atoms with Crippen LogP contribution < -0.4 is 4.90 Å². The van der Waals surface area contributed by atoms with Crippen molar-refractivity contribution in [3.8, 4) is 0 Å². The summed E-state index contributed by atoms with van der Waals surface area (Å²) in [7, 11) is -2.80. The number of benzene rings is 1. The molecule has 2 amide bonds. The number of likely N-dealkylation sites (N-methyl/N-ethyl adjacent to an activating group) is 1. The quantitative estimate of drug-likeness (QED) is 0.781. The Morgan fingerprint density at radius 2 is 1.88 bits per heavy atom. The van der Waals surface area contributed by atoms with Crippen molar-refractivity contribution < 1.29 is 22.4 Å². The third-order valence-electron chi connectivity index (χ3n) is 4.30. The minimum absolute atomic E-state index is 0.155. The monoisotopic (exact) mass is 377 g/mol. The van der Waals surface area contributed by atoms with Gasteiger partial charge in [-0.05, 0) is 31.2 Å². The summed E-state index contributed by atoms with van der Waals surface area (Å²) < 4.78 is 31.6. The van der Waals surface area contributed by atoms with Crippen molar-refractivity contribution in [2.24, 2.45) is 0 Å². The molecule has 9 heteroatoms. The molecule has 1 fully saturated rings. The maximum Gasteiger partial charge on any atom is 0.307 e. The number of hydrogen-bond acceptors (Lipinski definition) is 5. The predicted molar refractivity (Wildman–Crippen MR) is 94.2 cm³/mol. The first-order chi connectivity index (χ1) is 12.3. The number of nitrogens with zero attached hydrogens (tertiary/aromatic N) is 3. The molecule has 0 N–H and O–H groups in total.